The largest absolute Gasteiger partial charge is 0.299 e. The van der Waals surface area contributed by atoms with Gasteiger partial charge in [0.2, 0.25) is 0 Å². The van der Waals surface area contributed by atoms with Crippen LogP contribution in [-0.2, 0) is 4.79 Å². The molecular formula is C22H44O. The van der Waals surface area contributed by atoms with E-state index in [1.807, 2.05) is 6.92 Å². The molecule has 0 aliphatic carbocycles. The van der Waals surface area contributed by atoms with Crippen LogP contribution in [0.4, 0.5) is 0 Å². The number of carbonyl (C=O) groups excluding carboxylic acids is 1. The molecule has 0 aromatic heterocycles. The Labute approximate surface area is 147 Å². The van der Waals surface area contributed by atoms with Crippen LogP contribution in [-0.4, -0.2) is 5.78 Å². The van der Waals surface area contributed by atoms with Gasteiger partial charge in [-0.1, -0.05) is 98.3 Å². The maximum atomic E-state index is 12.1. The smallest absolute Gasteiger partial charge is 0.135 e. The Bertz CT molecular complexity index is 282. The highest BCUT2D eigenvalue weighted by molar-refractivity contribution is 5.82. The third-order valence-corrected chi connectivity index (χ3v) is 5.48. The molecule has 0 aromatic carbocycles. The molecule has 0 rings (SSSR count). The summed E-state index contributed by atoms with van der Waals surface area (Å²) in [5, 5.41) is 0. The summed E-state index contributed by atoms with van der Waals surface area (Å²) in [5.74, 6) is 1.03. The average molecular weight is 325 g/mol. The Hall–Kier alpha value is -0.330. The molecule has 1 atom stereocenters. The number of unbranched alkanes of at least 4 members (excludes halogenated alkanes) is 10. The van der Waals surface area contributed by atoms with E-state index in [0.29, 0.717) is 11.7 Å². The first kappa shape index (κ1) is 22.7. The molecule has 0 amide bonds. The zero-order valence-corrected chi connectivity index (χ0v) is 16.9. The summed E-state index contributed by atoms with van der Waals surface area (Å²) in [5.41, 5.74) is -0.0343. The van der Waals surface area contributed by atoms with Crippen molar-refractivity contribution in [3.8, 4) is 0 Å². The molecule has 0 bridgehead atoms. The molecule has 23 heavy (non-hydrogen) atoms. The maximum absolute atomic E-state index is 12.1. The second-order valence-corrected chi connectivity index (χ2v) is 8.07. The van der Waals surface area contributed by atoms with E-state index in [2.05, 4.69) is 27.7 Å². The van der Waals surface area contributed by atoms with Crippen LogP contribution in [0.3, 0.4) is 0 Å². The second-order valence-electron chi connectivity index (χ2n) is 8.07. The molecule has 0 saturated heterocycles. The van der Waals surface area contributed by atoms with E-state index in [1.165, 1.54) is 70.6 Å². The van der Waals surface area contributed by atoms with Crippen LogP contribution in [0.25, 0.3) is 0 Å². The minimum Gasteiger partial charge on any atom is -0.299 e. The fraction of sp³-hybridized carbons (Fsp3) is 0.955. The molecule has 0 spiro atoms. The highest BCUT2D eigenvalue weighted by atomic mass is 16.1. The maximum Gasteiger partial charge on any atom is 0.135 e. The number of carbonyl (C=O) groups is 1. The molecular weight excluding hydrogens is 280 g/mol. The highest BCUT2D eigenvalue weighted by Crippen LogP contribution is 2.37. The summed E-state index contributed by atoms with van der Waals surface area (Å²) in [6.07, 6.45) is 18.3. The van der Waals surface area contributed by atoms with Gasteiger partial charge >= 0.3 is 0 Å². The predicted molar refractivity (Wildman–Crippen MR) is 104 cm³/mol. The van der Waals surface area contributed by atoms with Crippen molar-refractivity contribution in [1.29, 1.82) is 0 Å². The number of Topliss-reactive ketones (excluding diaryl/α,β-unsaturated/α-hetero) is 1. The van der Waals surface area contributed by atoms with Crippen molar-refractivity contribution in [2.75, 3.05) is 0 Å². The van der Waals surface area contributed by atoms with Crippen LogP contribution in [0.15, 0.2) is 0 Å². The van der Waals surface area contributed by atoms with Crippen LogP contribution in [0, 0.1) is 11.3 Å². The van der Waals surface area contributed by atoms with Crippen molar-refractivity contribution in [2.24, 2.45) is 11.3 Å². The van der Waals surface area contributed by atoms with Crippen LogP contribution >= 0.6 is 0 Å². The van der Waals surface area contributed by atoms with Gasteiger partial charge in [0.1, 0.15) is 5.78 Å². The van der Waals surface area contributed by atoms with Crippen molar-refractivity contribution in [3.05, 3.63) is 0 Å². The zero-order valence-electron chi connectivity index (χ0n) is 16.9. The molecule has 1 unspecified atom stereocenters. The molecule has 0 aliphatic heterocycles. The lowest BCUT2D eigenvalue weighted by Gasteiger charge is -2.32. The predicted octanol–water partition coefficient (Wildman–Crippen LogP) is 7.72. The standard InChI is InChI=1S/C22H44O/c1-6-8-9-10-11-12-13-14-15-16-17-18-22(7-2,21(5)23)19-20(3)4/h20H,6-19H2,1-5H3. The van der Waals surface area contributed by atoms with Crippen molar-refractivity contribution >= 4 is 5.78 Å². The van der Waals surface area contributed by atoms with Gasteiger partial charge in [0, 0.05) is 5.41 Å². The summed E-state index contributed by atoms with van der Waals surface area (Å²) in [7, 11) is 0. The Morgan fingerprint density at radius 1 is 0.783 bits per heavy atom. The normalized spacial score (nSPS) is 14.2. The van der Waals surface area contributed by atoms with E-state index in [0.717, 1.165) is 19.3 Å². The van der Waals surface area contributed by atoms with Crippen LogP contribution in [0.2, 0.25) is 0 Å². The number of ketones is 1. The SMILES string of the molecule is CCCCCCCCCCCCCC(CC)(CC(C)C)C(C)=O. The molecule has 0 radical (unpaired) electrons. The molecule has 1 heteroatoms. The van der Waals surface area contributed by atoms with Gasteiger partial charge in [-0.3, -0.25) is 4.79 Å². The van der Waals surface area contributed by atoms with Gasteiger partial charge in [0.05, 0.1) is 0 Å². The minimum absolute atomic E-state index is 0.0343. The first-order valence-corrected chi connectivity index (χ1v) is 10.5. The first-order chi connectivity index (χ1) is 11.0. The zero-order chi connectivity index (χ0) is 17.6. The Morgan fingerprint density at radius 3 is 1.57 bits per heavy atom. The number of hydrogen-bond donors (Lipinski definition) is 0. The van der Waals surface area contributed by atoms with Gasteiger partial charge < -0.3 is 0 Å². The van der Waals surface area contributed by atoms with E-state index in [9.17, 15) is 4.79 Å². The average Bonchev–Trinajstić information content (AvgIpc) is 2.50. The van der Waals surface area contributed by atoms with Crippen LogP contribution in [0.1, 0.15) is 125 Å². The third kappa shape index (κ3) is 11.0. The van der Waals surface area contributed by atoms with E-state index < -0.39 is 0 Å². The van der Waals surface area contributed by atoms with Gasteiger partial charge in [-0.2, -0.15) is 0 Å². The summed E-state index contributed by atoms with van der Waals surface area (Å²) in [6, 6.07) is 0. The van der Waals surface area contributed by atoms with Gasteiger partial charge in [0.15, 0.2) is 0 Å². The summed E-state index contributed by atoms with van der Waals surface area (Å²) in [6.45, 7) is 10.8. The van der Waals surface area contributed by atoms with Crippen molar-refractivity contribution in [1.82, 2.24) is 0 Å². The fourth-order valence-electron chi connectivity index (χ4n) is 3.90. The van der Waals surface area contributed by atoms with Crippen molar-refractivity contribution in [2.45, 2.75) is 125 Å². The van der Waals surface area contributed by atoms with Crippen molar-refractivity contribution in [3.63, 3.8) is 0 Å². The summed E-state index contributed by atoms with van der Waals surface area (Å²) in [4.78, 5) is 12.1. The lowest BCUT2D eigenvalue weighted by molar-refractivity contribution is -0.128. The monoisotopic (exact) mass is 324 g/mol. The van der Waals surface area contributed by atoms with E-state index >= 15 is 0 Å². The molecule has 0 aliphatic rings. The van der Waals surface area contributed by atoms with Gasteiger partial charge in [-0.25, -0.2) is 0 Å². The quantitative estimate of drug-likeness (QED) is 0.266. The van der Waals surface area contributed by atoms with E-state index in [-0.39, 0.29) is 5.41 Å². The van der Waals surface area contributed by atoms with Gasteiger partial charge in [0.25, 0.3) is 0 Å². The summed E-state index contributed by atoms with van der Waals surface area (Å²) >= 11 is 0. The third-order valence-electron chi connectivity index (χ3n) is 5.48. The number of rotatable bonds is 16. The minimum atomic E-state index is -0.0343. The van der Waals surface area contributed by atoms with Crippen LogP contribution < -0.4 is 0 Å². The lowest BCUT2D eigenvalue weighted by Crippen LogP contribution is -2.30. The highest BCUT2D eigenvalue weighted by Gasteiger charge is 2.33. The topological polar surface area (TPSA) is 17.1 Å². The fourth-order valence-corrected chi connectivity index (χ4v) is 3.90. The Morgan fingerprint density at radius 2 is 1.22 bits per heavy atom. The van der Waals surface area contributed by atoms with Gasteiger partial charge in [-0.05, 0) is 32.1 Å². The molecule has 0 fully saturated rings. The number of hydrogen-bond acceptors (Lipinski definition) is 1. The van der Waals surface area contributed by atoms with E-state index in [1.54, 1.807) is 0 Å². The Balaban J connectivity index is 3.73. The second kappa shape index (κ2) is 14.1. The molecule has 0 N–H and O–H groups in total. The Kier molecular flexibility index (Phi) is 13.8. The van der Waals surface area contributed by atoms with Crippen molar-refractivity contribution < 1.29 is 4.79 Å². The molecule has 138 valence electrons. The lowest BCUT2D eigenvalue weighted by atomic mass is 9.71. The molecule has 0 saturated carbocycles. The first-order valence-electron chi connectivity index (χ1n) is 10.5. The molecule has 0 aromatic rings. The molecule has 1 nitrogen and oxygen atoms in total. The summed E-state index contributed by atoms with van der Waals surface area (Å²) < 4.78 is 0. The van der Waals surface area contributed by atoms with E-state index in [4.69, 9.17) is 0 Å². The molecule has 0 heterocycles. The van der Waals surface area contributed by atoms with Gasteiger partial charge in [-0.15, -0.1) is 0 Å². The van der Waals surface area contributed by atoms with Crippen LogP contribution in [0.5, 0.6) is 0 Å².